The number of anilines is 1. The zero-order valence-electron chi connectivity index (χ0n) is 21.4. The van der Waals surface area contributed by atoms with Gasteiger partial charge in [-0.1, -0.05) is 23.9 Å². The number of carbonyl (C=O) groups is 1. The van der Waals surface area contributed by atoms with Crippen LogP contribution in [0.1, 0.15) is 78.8 Å². The Hall–Kier alpha value is -1.92. The SMILES string of the molecule is Cc1cccc(NC(=O)CSc2nc(C34CC5CC(CC(C5)C3)C4)nc3sc4c(c23)CCCC4)c1C. The van der Waals surface area contributed by atoms with Gasteiger partial charge in [-0.2, -0.15) is 0 Å². The van der Waals surface area contributed by atoms with Gasteiger partial charge in [0.05, 0.1) is 5.75 Å². The second-order valence-electron chi connectivity index (χ2n) is 12.0. The summed E-state index contributed by atoms with van der Waals surface area (Å²) in [5.74, 6) is 4.13. The first kappa shape index (κ1) is 23.2. The van der Waals surface area contributed by atoms with Gasteiger partial charge >= 0.3 is 0 Å². The standard InChI is InChI=1S/C30H35N3OS2/c1-17-6-5-8-23(18(17)2)31-25(34)16-35-27-26-22-7-3-4-9-24(22)36-28(26)33-29(32-27)30-13-19-10-20(14-30)12-21(11-19)15-30/h5-6,8,19-21H,3-4,7,9-16H2,1-2H3,(H,31,34). The number of nitrogens with one attached hydrogen (secondary N) is 1. The lowest BCUT2D eigenvalue weighted by Gasteiger charge is -2.56. The molecule has 0 radical (unpaired) electrons. The molecule has 0 atom stereocenters. The maximum Gasteiger partial charge on any atom is 0.234 e. The highest BCUT2D eigenvalue weighted by atomic mass is 32.2. The molecule has 6 heteroatoms. The Bertz CT molecular complexity index is 1320. The van der Waals surface area contributed by atoms with Crippen LogP contribution in [0.4, 0.5) is 5.69 Å². The molecule has 3 aromatic rings. The van der Waals surface area contributed by atoms with Gasteiger partial charge in [0, 0.05) is 21.4 Å². The summed E-state index contributed by atoms with van der Waals surface area (Å²) >= 11 is 3.53. The first-order valence-electron chi connectivity index (χ1n) is 13.8. The molecule has 188 valence electrons. The molecule has 4 bridgehead atoms. The summed E-state index contributed by atoms with van der Waals surface area (Å²) in [5, 5.41) is 5.46. The molecule has 4 saturated carbocycles. The number of hydrogen-bond donors (Lipinski definition) is 1. The first-order chi connectivity index (χ1) is 17.5. The highest BCUT2D eigenvalue weighted by Gasteiger charge is 2.53. The minimum absolute atomic E-state index is 0.0425. The molecular weight excluding hydrogens is 482 g/mol. The van der Waals surface area contributed by atoms with E-state index in [9.17, 15) is 4.79 Å². The highest BCUT2D eigenvalue weighted by molar-refractivity contribution is 8.00. The van der Waals surface area contributed by atoms with E-state index in [0.29, 0.717) is 5.75 Å². The van der Waals surface area contributed by atoms with Crippen molar-refractivity contribution in [1.82, 2.24) is 9.97 Å². The van der Waals surface area contributed by atoms with E-state index in [1.165, 1.54) is 84.0 Å². The number of hydrogen-bond acceptors (Lipinski definition) is 5. The van der Waals surface area contributed by atoms with Crippen LogP contribution in [0.2, 0.25) is 0 Å². The van der Waals surface area contributed by atoms with E-state index in [1.807, 2.05) is 23.5 Å². The van der Waals surface area contributed by atoms with Crippen molar-refractivity contribution in [2.24, 2.45) is 17.8 Å². The van der Waals surface area contributed by atoms with E-state index < -0.39 is 0 Å². The molecule has 36 heavy (non-hydrogen) atoms. The Morgan fingerprint density at radius 3 is 2.53 bits per heavy atom. The Balaban J connectivity index is 1.23. The lowest BCUT2D eigenvalue weighted by molar-refractivity contribution is -0.113. The minimum atomic E-state index is 0.0425. The van der Waals surface area contributed by atoms with Gasteiger partial charge in [-0.05, 0) is 119 Å². The number of carbonyl (C=O) groups excluding carboxylic acids is 1. The van der Waals surface area contributed by atoms with Crippen LogP contribution in [0, 0.1) is 31.6 Å². The lowest BCUT2D eigenvalue weighted by atomic mass is 9.49. The van der Waals surface area contributed by atoms with E-state index in [1.54, 1.807) is 11.8 Å². The van der Waals surface area contributed by atoms with Crippen LogP contribution in [0.25, 0.3) is 10.2 Å². The first-order valence-corrected chi connectivity index (χ1v) is 15.6. The van der Waals surface area contributed by atoms with Gasteiger partial charge in [-0.25, -0.2) is 9.97 Å². The predicted molar refractivity (Wildman–Crippen MR) is 149 cm³/mol. The molecule has 1 N–H and O–H groups in total. The third kappa shape index (κ3) is 3.91. The predicted octanol–water partition coefficient (Wildman–Crippen LogP) is 7.39. The lowest BCUT2D eigenvalue weighted by Crippen LogP contribution is -2.49. The number of rotatable bonds is 5. The summed E-state index contributed by atoms with van der Waals surface area (Å²) in [6, 6.07) is 6.09. The molecular formula is C30H35N3OS2. The molecule has 2 aromatic heterocycles. The normalized spacial score (nSPS) is 28.4. The number of aromatic nitrogens is 2. The zero-order valence-corrected chi connectivity index (χ0v) is 23.0. The molecule has 5 aliphatic rings. The van der Waals surface area contributed by atoms with Crippen LogP contribution in [0.3, 0.4) is 0 Å². The Morgan fingerprint density at radius 1 is 1.06 bits per heavy atom. The molecule has 1 amide bonds. The quantitative estimate of drug-likeness (QED) is 0.283. The third-order valence-corrected chi connectivity index (χ3v) is 11.7. The van der Waals surface area contributed by atoms with Gasteiger partial charge in [-0.15, -0.1) is 11.3 Å². The van der Waals surface area contributed by atoms with E-state index >= 15 is 0 Å². The average molecular weight is 518 g/mol. The molecule has 0 unspecified atom stereocenters. The maximum absolute atomic E-state index is 13.0. The van der Waals surface area contributed by atoms with Gasteiger partial charge < -0.3 is 5.32 Å². The molecule has 5 aliphatic carbocycles. The van der Waals surface area contributed by atoms with Crippen LogP contribution in [0.5, 0.6) is 0 Å². The van der Waals surface area contributed by atoms with Crippen molar-refractivity contribution in [2.75, 3.05) is 11.1 Å². The van der Waals surface area contributed by atoms with Crippen LogP contribution in [-0.2, 0) is 23.1 Å². The molecule has 0 aliphatic heterocycles. The van der Waals surface area contributed by atoms with Gasteiger partial charge in [-0.3, -0.25) is 4.79 Å². The second kappa shape index (κ2) is 8.83. The molecule has 2 heterocycles. The Kier molecular flexibility index (Phi) is 5.70. The van der Waals surface area contributed by atoms with Crippen LogP contribution in [-0.4, -0.2) is 21.6 Å². The monoisotopic (exact) mass is 517 g/mol. The smallest absolute Gasteiger partial charge is 0.234 e. The van der Waals surface area contributed by atoms with Crippen molar-refractivity contribution in [3.05, 3.63) is 45.6 Å². The van der Waals surface area contributed by atoms with E-state index in [0.717, 1.165) is 46.3 Å². The Labute approximate surface area is 222 Å². The third-order valence-electron chi connectivity index (χ3n) is 9.51. The van der Waals surface area contributed by atoms with E-state index in [2.05, 4.69) is 25.2 Å². The average Bonchev–Trinajstić information content (AvgIpc) is 3.23. The van der Waals surface area contributed by atoms with Crippen molar-refractivity contribution in [3.8, 4) is 0 Å². The maximum atomic E-state index is 13.0. The molecule has 0 spiro atoms. The summed E-state index contributed by atoms with van der Waals surface area (Å²) in [7, 11) is 0. The topological polar surface area (TPSA) is 54.9 Å². The minimum Gasteiger partial charge on any atom is -0.325 e. The summed E-state index contributed by atoms with van der Waals surface area (Å²) in [6.07, 6.45) is 12.9. The van der Waals surface area contributed by atoms with Crippen molar-refractivity contribution >= 4 is 44.9 Å². The van der Waals surface area contributed by atoms with E-state index in [-0.39, 0.29) is 11.3 Å². The highest BCUT2D eigenvalue weighted by Crippen LogP contribution is 2.60. The van der Waals surface area contributed by atoms with E-state index in [4.69, 9.17) is 9.97 Å². The molecule has 1 aromatic carbocycles. The summed E-state index contributed by atoms with van der Waals surface area (Å²) in [6.45, 7) is 4.16. The number of amides is 1. The van der Waals surface area contributed by atoms with Crippen LogP contribution < -0.4 is 5.32 Å². The number of thioether (sulfide) groups is 1. The van der Waals surface area contributed by atoms with Crippen molar-refractivity contribution < 1.29 is 4.79 Å². The van der Waals surface area contributed by atoms with Crippen LogP contribution >= 0.6 is 23.1 Å². The van der Waals surface area contributed by atoms with Crippen molar-refractivity contribution in [2.45, 2.75) is 88.5 Å². The summed E-state index contributed by atoms with van der Waals surface area (Å²) in [4.78, 5) is 26.4. The summed E-state index contributed by atoms with van der Waals surface area (Å²) in [5.41, 5.74) is 4.88. The fraction of sp³-hybridized carbons (Fsp3) is 0.567. The fourth-order valence-corrected chi connectivity index (χ4v) is 10.2. The zero-order chi connectivity index (χ0) is 24.4. The summed E-state index contributed by atoms with van der Waals surface area (Å²) < 4.78 is 0. The second-order valence-corrected chi connectivity index (χ2v) is 14.1. The molecule has 4 nitrogen and oxygen atoms in total. The van der Waals surface area contributed by atoms with Crippen molar-refractivity contribution in [3.63, 3.8) is 0 Å². The fourth-order valence-electron chi connectivity index (χ4n) is 8.06. The van der Waals surface area contributed by atoms with Gasteiger partial charge in [0.15, 0.2) is 0 Å². The van der Waals surface area contributed by atoms with Gasteiger partial charge in [0.1, 0.15) is 15.7 Å². The number of thiophene rings is 1. The molecule has 0 saturated heterocycles. The van der Waals surface area contributed by atoms with Crippen LogP contribution in [0.15, 0.2) is 23.2 Å². The van der Waals surface area contributed by atoms with Crippen molar-refractivity contribution in [1.29, 1.82) is 0 Å². The Morgan fingerprint density at radius 2 is 1.78 bits per heavy atom. The van der Waals surface area contributed by atoms with Gasteiger partial charge in [0.25, 0.3) is 0 Å². The number of nitrogens with zero attached hydrogens (tertiary/aromatic N) is 2. The largest absolute Gasteiger partial charge is 0.325 e. The molecule has 4 fully saturated rings. The molecule has 8 rings (SSSR count). The number of fused-ring (bicyclic) bond motifs is 3. The number of aryl methyl sites for hydroxylation is 3. The van der Waals surface area contributed by atoms with Gasteiger partial charge in [0.2, 0.25) is 5.91 Å². The number of benzene rings is 1.